The minimum atomic E-state index is -4.05. The van der Waals surface area contributed by atoms with Gasteiger partial charge in [-0.3, -0.25) is 9.10 Å². The van der Waals surface area contributed by atoms with Crippen LogP contribution in [0.1, 0.15) is 29.3 Å². The Morgan fingerprint density at radius 2 is 1.72 bits per heavy atom. The number of halogens is 1. The van der Waals surface area contributed by atoms with Crippen molar-refractivity contribution in [2.24, 2.45) is 0 Å². The molecule has 0 spiro atoms. The predicted octanol–water partition coefficient (Wildman–Crippen LogP) is 4.24. The second kappa shape index (κ2) is 10.6. The molecular weight excluding hydrogens is 448 g/mol. The molecule has 1 unspecified atom stereocenters. The van der Waals surface area contributed by atoms with Gasteiger partial charge in [-0.05, 0) is 42.3 Å². The van der Waals surface area contributed by atoms with Crippen molar-refractivity contribution in [1.82, 2.24) is 5.32 Å². The van der Waals surface area contributed by atoms with E-state index >= 15 is 0 Å². The number of hydrogen-bond donors (Lipinski definition) is 2. The van der Waals surface area contributed by atoms with Crippen molar-refractivity contribution in [3.63, 3.8) is 0 Å². The second-order valence-corrected chi connectivity index (χ2v) is 9.51. The minimum absolute atomic E-state index is 0.0296. The van der Waals surface area contributed by atoms with E-state index in [2.05, 4.69) is 5.32 Å². The number of sulfonamides is 1. The van der Waals surface area contributed by atoms with Crippen LogP contribution in [-0.4, -0.2) is 32.1 Å². The maximum Gasteiger partial charge on any atom is 0.264 e. The third-order valence-electron chi connectivity index (χ3n) is 5.02. The molecule has 8 heteroatoms. The number of amides is 1. The third kappa shape index (κ3) is 5.48. The Kier molecular flexibility index (Phi) is 7.90. The molecule has 1 atom stereocenters. The first-order valence-corrected chi connectivity index (χ1v) is 12.0. The van der Waals surface area contributed by atoms with Crippen LogP contribution in [0.3, 0.4) is 0 Å². The van der Waals surface area contributed by atoms with Gasteiger partial charge in [0.25, 0.3) is 15.9 Å². The van der Waals surface area contributed by atoms with Crippen LogP contribution in [-0.2, 0) is 16.6 Å². The Bertz CT molecular complexity index is 1170. The molecule has 6 nitrogen and oxygen atoms in total. The highest BCUT2D eigenvalue weighted by Crippen LogP contribution is 2.32. The largest absolute Gasteiger partial charge is 0.394 e. The summed E-state index contributed by atoms with van der Waals surface area (Å²) < 4.78 is 28.6. The Morgan fingerprint density at radius 3 is 2.38 bits per heavy atom. The molecule has 0 saturated carbocycles. The number of anilines is 1. The van der Waals surface area contributed by atoms with E-state index in [4.69, 9.17) is 11.6 Å². The molecule has 0 heterocycles. The Hall–Kier alpha value is -2.87. The summed E-state index contributed by atoms with van der Waals surface area (Å²) in [6, 6.07) is 21.4. The number of benzene rings is 3. The van der Waals surface area contributed by atoms with E-state index in [9.17, 15) is 18.3 Å². The lowest BCUT2D eigenvalue weighted by atomic mass is 10.2. The van der Waals surface area contributed by atoms with Crippen LogP contribution in [0.25, 0.3) is 0 Å². The van der Waals surface area contributed by atoms with E-state index in [-0.39, 0.29) is 23.6 Å². The summed E-state index contributed by atoms with van der Waals surface area (Å²) in [4.78, 5) is 12.6. The number of nitrogens with zero attached hydrogens (tertiary/aromatic N) is 1. The fourth-order valence-electron chi connectivity index (χ4n) is 3.17. The van der Waals surface area contributed by atoms with Gasteiger partial charge in [-0.2, -0.15) is 0 Å². The summed E-state index contributed by atoms with van der Waals surface area (Å²) in [6.07, 6.45) is 0.553. The zero-order chi connectivity index (χ0) is 23.1. The Balaban J connectivity index is 2.02. The molecule has 0 aromatic heterocycles. The fourth-order valence-corrected chi connectivity index (χ4v) is 4.98. The van der Waals surface area contributed by atoms with Crippen LogP contribution in [0.15, 0.2) is 83.8 Å². The van der Waals surface area contributed by atoms with Gasteiger partial charge < -0.3 is 10.4 Å². The Labute approximate surface area is 193 Å². The standard InChI is InChI=1S/C24H25ClN2O4S/c1-2-20(17-28)26-24(29)19-11-8-12-21(15-19)32(30,31)27(16-18-9-4-3-5-10-18)23-14-7-6-13-22(23)25/h3-15,20,28H,2,16-17H2,1H3,(H,26,29). The van der Waals surface area contributed by atoms with Gasteiger partial charge in [0.15, 0.2) is 0 Å². The normalized spacial score (nSPS) is 12.2. The molecule has 0 aliphatic rings. The number of hydrogen-bond acceptors (Lipinski definition) is 4. The highest BCUT2D eigenvalue weighted by Gasteiger charge is 2.27. The summed E-state index contributed by atoms with van der Waals surface area (Å²) in [5.74, 6) is -0.449. The highest BCUT2D eigenvalue weighted by atomic mass is 35.5. The number of carbonyl (C=O) groups is 1. The lowest BCUT2D eigenvalue weighted by molar-refractivity contribution is 0.0914. The monoisotopic (exact) mass is 472 g/mol. The molecule has 3 rings (SSSR count). The maximum absolute atomic E-state index is 13.7. The summed E-state index contributed by atoms with van der Waals surface area (Å²) in [7, 11) is -4.05. The first-order chi connectivity index (χ1) is 15.4. The smallest absolute Gasteiger partial charge is 0.264 e. The van der Waals surface area contributed by atoms with Crippen LogP contribution in [0.4, 0.5) is 5.69 Å². The van der Waals surface area contributed by atoms with E-state index in [1.54, 1.807) is 24.3 Å². The highest BCUT2D eigenvalue weighted by molar-refractivity contribution is 7.92. The number of rotatable bonds is 9. The van der Waals surface area contributed by atoms with Crippen LogP contribution >= 0.6 is 11.6 Å². The summed E-state index contributed by atoms with van der Waals surface area (Å²) in [5, 5.41) is 12.3. The number of aliphatic hydroxyl groups excluding tert-OH is 1. The molecule has 2 N–H and O–H groups in total. The van der Waals surface area contributed by atoms with E-state index in [1.165, 1.54) is 28.6 Å². The molecule has 1 amide bonds. The number of nitrogens with one attached hydrogen (secondary N) is 1. The second-order valence-electron chi connectivity index (χ2n) is 7.24. The first kappa shape index (κ1) is 23.8. The molecule has 168 valence electrons. The molecule has 3 aromatic carbocycles. The average molecular weight is 473 g/mol. The molecule has 0 aliphatic carbocycles. The topological polar surface area (TPSA) is 86.7 Å². The van der Waals surface area contributed by atoms with E-state index < -0.39 is 22.0 Å². The third-order valence-corrected chi connectivity index (χ3v) is 7.10. The van der Waals surface area contributed by atoms with E-state index in [1.807, 2.05) is 37.3 Å². The van der Waals surface area contributed by atoms with Gasteiger partial charge in [0.1, 0.15) is 0 Å². The van der Waals surface area contributed by atoms with Crippen molar-refractivity contribution in [2.45, 2.75) is 30.8 Å². The quantitative estimate of drug-likeness (QED) is 0.487. The van der Waals surface area contributed by atoms with Crippen LogP contribution < -0.4 is 9.62 Å². The predicted molar refractivity (Wildman–Crippen MR) is 126 cm³/mol. The average Bonchev–Trinajstić information content (AvgIpc) is 2.82. The zero-order valence-corrected chi connectivity index (χ0v) is 19.2. The first-order valence-electron chi connectivity index (χ1n) is 10.2. The molecule has 32 heavy (non-hydrogen) atoms. The molecule has 0 fully saturated rings. The van der Waals surface area contributed by atoms with Crippen LogP contribution in [0.2, 0.25) is 5.02 Å². The molecular formula is C24H25ClN2O4S. The molecule has 0 saturated heterocycles. The molecule has 0 aliphatic heterocycles. The number of carbonyl (C=O) groups excluding carboxylic acids is 1. The van der Waals surface area contributed by atoms with Crippen molar-refractivity contribution in [2.75, 3.05) is 10.9 Å². The van der Waals surface area contributed by atoms with E-state index in [0.717, 1.165) is 5.56 Å². The van der Waals surface area contributed by atoms with Gasteiger partial charge >= 0.3 is 0 Å². The van der Waals surface area contributed by atoms with Crippen molar-refractivity contribution >= 4 is 33.2 Å². The van der Waals surface area contributed by atoms with Crippen molar-refractivity contribution < 1.29 is 18.3 Å². The summed E-state index contributed by atoms with van der Waals surface area (Å²) in [5.41, 5.74) is 1.33. The van der Waals surface area contributed by atoms with Gasteiger partial charge in [-0.25, -0.2) is 8.42 Å². The number of para-hydroxylation sites is 1. The molecule has 0 bridgehead atoms. The van der Waals surface area contributed by atoms with Gasteiger partial charge in [-0.15, -0.1) is 0 Å². The maximum atomic E-state index is 13.7. The van der Waals surface area contributed by atoms with Gasteiger partial charge in [0.05, 0.1) is 34.8 Å². The van der Waals surface area contributed by atoms with E-state index in [0.29, 0.717) is 17.1 Å². The minimum Gasteiger partial charge on any atom is -0.394 e. The SMILES string of the molecule is CCC(CO)NC(=O)c1cccc(S(=O)(=O)N(Cc2ccccc2)c2ccccc2Cl)c1. The van der Waals surface area contributed by atoms with Crippen LogP contribution in [0, 0.1) is 0 Å². The fraction of sp³-hybridized carbons (Fsp3) is 0.208. The van der Waals surface area contributed by atoms with Crippen molar-refractivity contribution in [3.8, 4) is 0 Å². The number of aliphatic hydroxyl groups is 1. The van der Waals surface area contributed by atoms with Gasteiger partial charge in [-0.1, -0.05) is 67.1 Å². The lowest BCUT2D eigenvalue weighted by Crippen LogP contribution is -2.37. The lowest BCUT2D eigenvalue weighted by Gasteiger charge is -2.26. The molecule has 0 radical (unpaired) electrons. The van der Waals surface area contributed by atoms with Crippen molar-refractivity contribution in [3.05, 3.63) is 95.0 Å². The summed E-state index contributed by atoms with van der Waals surface area (Å²) in [6.45, 7) is 1.72. The molecule has 3 aromatic rings. The van der Waals surface area contributed by atoms with Crippen LogP contribution in [0.5, 0.6) is 0 Å². The van der Waals surface area contributed by atoms with Crippen molar-refractivity contribution in [1.29, 1.82) is 0 Å². The van der Waals surface area contributed by atoms with Gasteiger partial charge in [0.2, 0.25) is 0 Å². The summed E-state index contributed by atoms with van der Waals surface area (Å²) >= 11 is 6.36. The zero-order valence-electron chi connectivity index (χ0n) is 17.6. The van der Waals surface area contributed by atoms with Gasteiger partial charge in [0, 0.05) is 5.56 Å². The Morgan fingerprint density at radius 1 is 1.03 bits per heavy atom.